The Morgan fingerprint density at radius 3 is 2.85 bits per heavy atom. The maximum absolute atomic E-state index is 11.1. The van der Waals surface area contributed by atoms with Gasteiger partial charge in [0.25, 0.3) is 0 Å². The standard InChI is InChI=1S/C15H18N2O3/c1-10-7-17(9-13(10)15(18)19)8-11-3-4-14(20-2)12(5-11)6-16/h3-5,10,13H,7-9H2,1-2H3,(H,18,19). The van der Waals surface area contributed by atoms with Gasteiger partial charge in [-0.3, -0.25) is 9.69 Å². The molecule has 0 bridgehead atoms. The molecule has 5 nitrogen and oxygen atoms in total. The van der Waals surface area contributed by atoms with Gasteiger partial charge in [-0.2, -0.15) is 5.26 Å². The first kappa shape index (κ1) is 14.4. The zero-order chi connectivity index (χ0) is 14.7. The Labute approximate surface area is 118 Å². The molecule has 1 aromatic rings. The second kappa shape index (κ2) is 5.93. The summed E-state index contributed by atoms with van der Waals surface area (Å²) >= 11 is 0. The molecule has 20 heavy (non-hydrogen) atoms. The lowest BCUT2D eigenvalue weighted by molar-refractivity contribution is -0.142. The zero-order valence-electron chi connectivity index (χ0n) is 11.7. The van der Waals surface area contributed by atoms with Crippen LogP contribution in [0.2, 0.25) is 0 Å². The maximum atomic E-state index is 11.1. The molecule has 5 heteroatoms. The highest BCUT2D eigenvalue weighted by Crippen LogP contribution is 2.26. The van der Waals surface area contributed by atoms with E-state index in [9.17, 15) is 4.79 Å². The number of likely N-dealkylation sites (tertiary alicyclic amines) is 1. The molecule has 2 unspecified atom stereocenters. The lowest BCUT2D eigenvalue weighted by Crippen LogP contribution is -2.23. The van der Waals surface area contributed by atoms with Crippen LogP contribution in [0, 0.1) is 23.2 Å². The van der Waals surface area contributed by atoms with Gasteiger partial charge in [0.15, 0.2) is 0 Å². The summed E-state index contributed by atoms with van der Waals surface area (Å²) in [6, 6.07) is 7.61. The van der Waals surface area contributed by atoms with Crippen LogP contribution in [0.5, 0.6) is 5.75 Å². The number of carbonyl (C=O) groups is 1. The number of nitriles is 1. The molecule has 1 fully saturated rings. The van der Waals surface area contributed by atoms with Crippen molar-refractivity contribution in [2.45, 2.75) is 13.5 Å². The molecular weight excluding hydrogens is 256 g/mol. The lowest BCUT2D eigenvalue weighted by Gasteiger charge is -2.16. The van der Waals surface area contributed by atoms with Crippen LogP contribution in [-0.4, -0.2) is 36.2 Å². The topological polar surface area (TPSA) is 73.6 Å². The quantitative estimate of drug-likeness (QED) is 0.905. The van der Waals surface area contributed by atoms with Crippen molar-refractivity contribution in [1.29, 1.82) is 5.26 Å². The average Bonchev–Trinajstić information content (AvgIpc) is 2.79. The van der Waals surface area contributed by atoms with Gasteiger partial charge in [0.05, 0.1) is 18.6 Å². The highest BCUT2D eigenvalue weighted by Gasteiger charge is 2.34. The predicted molar refractivity (Wildman–Crippen MR) is 73.3 cm³/mol. The van der Waals surface area contributed by atoms with E-state index in [0.717, 1.165) is 12.1 Å². The van der Waals surface area contributed by atoms with Crippen LogP contribution in [0.15, 0.2) is 18.2 Å². The Balaban J connectivity index is 2.08. The van der Waals surface area contributed by atoms with Gasteiger partial charge in [-0.15, -0.1) is 0 Å². The fourth-order valence-corrected chi connectivity index (χ4v) is 2.72. The van der Waals surface area contributed by atoms with E-state index in [1.165, 1.54) is 7.11 Å². The van der Waals surface area contributed by atoms with Gasteiger partial charge in [-0.1, -0.05) is 13.0 Å². The average molecular weight is 274 g/mol. The van der Waals surface area contributed by atoms with Crippen LogP contribution in [-0.2, 0) is 11.3 Å². The summed E-state index contributed by atoms with van der Waals surface area (Å²) in [7, 11) is 1.54. The summed E-state index contributed by atoms with van der Waals surface area (Å²) < 4.78 is 5.11. The number of carboxylic acids is 1. The number of benzene rings is 1. The second-order valence-electron chi connectivity index (χ2n) is 5.26. The van der Waals surface area contributed by atoms with Gasteiger partial charge in [0.2, 0.25) is 0 Å². The van der Waals surface area contributed by atoms with Crippen molar-refractivity contribution >= 4 is 5.97 Å². The van der Waals surface area contributed by atoms with E-state index in [1.807, 2.05) is 13.0 Å². The summed E-state index contributed by atoms with van der Waals surface area (Å²) in [5.41, 5.74) is 1.51. The predicted octanol–water partition coefficient (Wildman–Crippen LogP) is 1.72. The molecule has 1 aliphatic heterocycles. The number of hydrogen-bond acceptors (Lipinski definition) is 4. The van der Waals surface area contributed by atoms with E-state index in [2.05, 4.69) is 11.0 Å². The number of hydrogen-bond donors (Lipinski definition) is 1. The van der Waals surface area contributed by atoms with E-state index >= 15 is 0 Å². The molecule has 2 atom stereocenters. The van der Waals surface area contributed by atoms with Crippen molar-refractivity contribution < 1.29 is 14.6 Å². The second-order valence-corrected chi connectivity index (χ2v) is 5.26. The minimum absolute atomic E-state index is 0.154. The van der Waals surface area contributed by atoms with Crippen molar-refractivity contribution in [3.8, 4) is 11.8 Å². The molecule has 1 heterocycles. The molecule has 0 radical (unpaired) electrons. The maximum Gasteiger partial charge on any atom is 0.308 e. The van der Waals surface area contributed by atoms with Gasteiger partial charge in [-0.05, 0) is 23.6 Å². The van der Waals surface area contributed by atoms with Crippen LogP contribution >= 0.6 is 0 Å². The molecule has 1 aliphatic rings. The lowest BCUT2D eigenvalue weighted by atomic mass is 9.99. The van der Waals surface area contributed by atoms with Crippen molar-refractivity contribution in [1.82, 2.24) is 4.90 Å². The molecule has 1 saturated heterocycles. The van der Waals surface area contributed by atoms with Crippen LogP contribution in [0.1, 0.15) is 18.1 Å². The molecular formula is C15H18N2O3. The summed E-state index contributed by atoms with van der Waals surface area (Å²) in [6.07, 6.45) is 0. The molecule has 2 rings (SSSR count). The Bertz CT molecular complexity index is 551. The van der Waals surface area contributed by atoms with Gasteiger partial charge >= 0.3 is 5.97 Å². The van der Waals surface area contributed by atoms with Gasteiger partial charge < -0.3 is 9.84 Å². The fraction of sp³-hybridized carbons (Fsp3) is 0.467. The smallest absolute Gasteiger partial charge is 0.308 e. The van der Waals surface area contributed by atoms with Crippen molar-refractivity contribution in [3.05, 3.63) is 29.3 Å². The van der Waals surface area contributed by atoms with E-state index in [1.54, 1.807) is 12.1 Å². The molecule has 0 saturated carbocycles. The van der Waals surface area contributed by atoms with E-state index in [-0.39, 0.29) is 11.8 Å². The summed E-state index contributed by atoms with van der Waals surface area (Å²) in [5, 5.41) is 18.2. The first-order chi connectivity index (χ1) is 9.55. The number of carboxylic acid groups (broad SMARTS) is 1. The third-order valence-electron chi connectivity index (χ3n) is 3.80. The highest BCUT2D eigenvalue weighted by molar-refractivity contribution is 5.71. The van der Waals surface area contributed by atoms with E-state index in [0.29, 0.717) is 24.4 Å². The highest BCUT2D eigenvalue weighted by atomic mass is 16.5. The molecule has 1 aromatic carbocycles. The number of aliphatic carboxylic acids is 1. The zero-order valence-corrected chi connectivity index (χ0v) is 11.7. The summed E-state index contributed by atoms with van der Waals surface area (Å²) in [6.45, 7) is 3.95. The van der Waals surface area contributed by atoms with Gasteiger partial charge in [-0.25, -0.2) is 0 Å². The molecule has 1 N–H and O–H groups in total. The Hall–Kier alpha value is -2.06. The van der Waals surface area contributed by atoms with Gasteiger partial charge in [0.1, 0.15) is 11.8 Å². The Kier molecular flexibility index (Phi) is 4.26. The molecule has 0 aromatic heterocycles. The SMILES string of the molecule is COc1ccc(CN2CC(C)C(C(=O)O)C2)cc1C#N. The number of nitrogens with zero attached hydrogens (tertiary/aromatic N) is 2. The summed E-state index contributed by atoms with van der Waals surface area (Å²) in [4.78, 5) is 13.2. The van der Waals surface area contributed by atoms with Crippen molar-refractivity contribution in [2.24, 2.45) is 11.8 Å². The monoisotopic (exact) mass is 274 g/mol. The number of ether oxygens (including phenoxy) is 1. The minimum Gasteiger partial charge on any atom is -0.495 e. The first-order valence-electron chi connectivity index (χ1n) is 6.57. The normalized spacial score (nSPS) is 22.4. The first-order valence-corrected chi connectivity index (χ1v) is 6.57. The summed E-state index contributed by atoms with van der Waals surface area (Å²) in [5.74, 6) is -0.313. The molecule has 0 amide bonds. The number of rotatable bonds is 4. The van der Waals surface area contributed by atoms with E-state index in [4.69, 9.17) is 15.1 Å². The Morgan fingerprint density at radius 2 is 2.30 bits per heavy atom. The largest absolute Gasteiger partial charge is 0.495 e. The number of methoxy groups -OCH3 is 1. The van der Waals surface area contributed by atoms with E-state index < -0.39 is 5.97 Å². The molecule has 106 valence electrons. The molecule has 0 spiro atoms. The minimum atomic E-state index is -0.729. The fourth-order valence-electron chi connectivity index (χ4n) is 2.72. The van der Waals surface area contributed by atoms with Crippen LogP contribution in [0.4, 0.5) is 0 Å². The third-order valence-corrected chi connectivity index (χ3v) is 3.80. The van der Waals surface area contributed by atoms with Crippen molar-refractivity contribution in [2.75, 3.05) is 20.2 Å². The molecule has 0 aliphatic carbocycles. The van der Waals surface area contributed by atoms with Crippen LogP contribution in [0.25, 0.3) is 0 Å². The van der Waals surface area contributed by atoms with Crippen molar-refractivity contribution in [3.63, 3.8) is 0 Å². The van der Waals surface area contributed by atoms with Crippen LogP contribution in [0.3, 0.4) is 0 Å². The Morgan fingerprint density at radius 1 is 1.55 bits per heavy atom. The van der Waals surface area contributed by atoms with Gasteiger partial charge in [0, 0.05) is 19.6 Å². The third kappa shape index (κ3) is 2.91. The van der Waals surface area contributed by atoms with Crippen LogP contribution < -0.4 is 4.74 Å².